The molecule has 8 rings (SSSR count). The number of H-pyrrole nitrogens is 1. The fourth-order valence-electron chi connectivity index (χ4n) is 4.53. The van der Waals surface area contributed by atoms with E-state index in [-0.39, 0.29) is 22.5 Å². The number of rotatable bonds is 6. The van der Waals surface area contributed by atoms with E-state index in [0.717, 1.165) is 45.5 Å². The van der Waals surface area contributed by atoms with Crippen molar-refractivity contribution in [2.45, 2.75) is 6.92 Å². The molecule has 8 aromatic rings. The van der Waals surface area contributed by atoms with Crippen molar-refractivity contribution in [2.75, 3.05) is 0 Å². The van der Waals surface area contributed by atoms with E-state index in [1.54, 1.807) is 55.8 Å². The summed E-state index contributed by atoms with van der Waals surface area (Å²) in [6.07, 6.45) is 21.8. The molecule has 0 unspecified atom stereocenters. The Balaban J connectivity index is 0.000000457. The fraction of sp³-hybridized carbons (Fsp3) is 0.0294. The Hall–Kier alpha value is -7.24. The summed E-state index contributed by atoms with van der Waals surface area (Å²) >= 11 is 0. The molecule has 8 aromatic heterocycles. The van der Waals surface area contributed by atoms with E-state index in [2.05, 4.69) is 40.3 Å². The van der Waals surface area contributed by atoms with Crippen LogP contribution < -0.4 is 4.98 Å². The van der Waals surface area contributed by atoms with Crippen molar-refractivity contribution >= 4 is 21.8 Å². The van der Waals surface area contributed by atoms with Crippen molar-refractivity contribution in [3.8, 4) is 51.6 Å². The Morgan fingerprint density at radius 1 is 0.500 bits per heavy atom. The molecule has 0 aliphatic carbocycles. The second kappa shape index (κ2) is 26.3. The van der Waals surface area contributed by atoms with Crippen LogP contribution in [0.5, 0.6) is 0 Å². The Morgan fingerprint density at radius 3 is 1.06 bits per heavy atom. The van der Waals surface area contributed by atoms with Gasteiger partial charge < -0.3 is 57.3 Å². The molecule has 0 aliphatic heterocycles. The maximum absolute atomic E-state index is 9.75. The Labute approximate surface area is 365 Å². The van der Waals surface area contributed by atoms with Crippen molar-refractivity contribution in [2.24, 2.45) is 0 Å². The van der Waals surface area contributed by atoms with Gasteiger partial charge in [-0.15, -0.1) is 0 Å². The molecular weight excluding hydrogens is 923 g/mol. The Kier molecular flexibility index (Phi) is 22.5. The van der Waals surface area contributed by atoms with Crippen LogP contribution in [0.4, 0.5) is 51.8 Å². The molecule has 0 aromatic carbocycles. The second-order valence-electron chi connectivity index (χ2n) is 11.2. The molecule has 0 radical (unpaired) electrons. The van der Waals surface area contributed by atoms with Crippen LogP contribution in [-0.4, -0.2) is 81.3 Å². The summed E-state index contributed by atoms with van der Waals surface area (Å²) in [5, 5.41) is 24.3. The van der Waals surface area contributed by atoms with Crippen LogP contribution in [0.25, 0.3) is 45.5 Å². The molecule has 0 saturated carbocycles. The van der Waals surface area contributed by atoms with Gasteiger partial charge in [0.15, 0.2) is 35.7 Å². The maximum Gasteiger partial charge on any atom is 2.00 e. The Bertz CT molecular complexity index is 2190. The van der Waals surface area contributed by atoms with Gasteiger partial charge in [0.2, 0.25) is 0 Å². The van der Waals surface area contributed by atoms with Crippen molar-refractivity contribution in [3.63, 3.8) is 0 Å². The molecule has 8 heterocycles. The van der Waals surface area contributed by atoms with Gasteiger partial charge in [0, 0.05) is 86.1 Å². The average Bonchev–Trinajstić information content (AvgIpc) is 4.06. The molecule has 338 valence electrons. The molecule has 0 aliphatic rings. The number of aromatic amines is 1. The van der Waals surface area contributed by atoms with Gasteiger partial charge in [0.1, 0.15) is 0 Å². The smallest absolute Gasteiger partial charge is 0.418 e. The average molecular weight is 953 g/mol. The standard InChI is InChI=1S/2C16H12N6.C2H3N.3BF4.Fe.H2O/c2*1-4-13(12-17-5-1)14-10-15(21-8-2-6-18-21)20-16(11-14)22-9-3-7-19-22;1-2-3;3*2-1(3,4)5;;/h2*1-12H;1H3;;;;;1H2/q;;;3*-1;+2;/p+1. The van der Waals surface area contributed by atoms with E-state index in [4.69, 9.17) is 5.26 Å². The number of pyridine rings is 4. The van der Waals surface area contributed by atoms with Crippen molar-refractivity contribution in [3.05, 3.63) is 147 Å². The summed E-state index contributed by atoms with van der Waals surface area (Å²) in [4.78, 5) is 16.5. The van der Waals surface area contributed by atoms with Gasteiger partial charge in [0.25, 0.3) is 0 Å². The molecule has 30 heteroatoms. The maximum atomic E-state index is 9.75. The van der Waals surface area contributed by atoms with Crippen LogP contribution in [0, 0.1) is 11.3 Å². The summed E-state index contributed by atoms with van der Waals surface area (Å²) in [7, 11) is -18.0. The van der Waals surface area contributed by atoms with E-state index in [1.165, 1.54) is 6.92 Å². The minimum Gasteiger partial charge on any atom is -0.418 e. The van der Waals surface area contributed by atoms with Gasteiger partial charge >= 0.3 is 38.8 Å². The van der Waals surface area contributed by atoms with Crippen LogP contribution >= 0.6 is 0 Å². The third-order valence-electron chi connectivity index (χ3n) is 6.59. The number of aromatic nitrogens is 12. The summed E-state index contributed by atoms with van der Waals surface area (Å²) in [5.74, 6) is 2.96. The summed E-state index contributed by atoms with van der Waals surface area (Å²) in [5.41, 5.74) is 4.15. The number of hydrogen-bond acceptors (Lipinski definition) is 8. The number of halogens is 12. The quantitative estimate of drug-likeness (QED) is 0.119. The third kappa shape index (κ3) is 22.0. The largest absolute Gasteiger partial charge is 2.00 e. The van der Waals surface area contributed by atoms with Crippen LogP contribution in [-0.2, 0) is 17.1 Å². The molecule has 0 saturated heterocycles. The Morgan fingerprint density at radius 2 is 0.812 bits per heavy atom. The first kappa shape index (κ1) is 54.8. The van der Waals surface area contributed by atoms with Crippen molar-refractivity contribution < 1.29 is 79.3 Å². The first-order valence-electron chi connectivity index (χ1n) is 17.1. The normalized spacial score (nSPS) is 10.3. The van der Waals surface area contributed by atoms with Crippen LogP contribution in [0.3, 0.4) is 0 Å². The zero-order valence-electron chi connectivity index (χ0n) is 32.3. The van der Waals surface area contributed by atoms with Crippen molar-refractivity contribution in [1.29, 1.82) is 5.26 Å². The monoisotopic (exact) mass is 953 g/mol. The number of nitriles is 1. The molecule has 0 fully saturated rings. The predicted octanol–water partition coefficient (Wildman–Crippen LogP) is 8.05. The van der Waals surface area contributed by atoms with Crippen LogP contribution in [0.2, 0.25) is 0 Å². The molecule has 0 bridgehead atoms. The van der Waals surface area contributed by atoms with E-state index >= 15 is 0 Å². The second-order valence-corrected chi connectivity index (χ2v) is 11.2. The number of nitrogens with zero attached hydrogens (tertiary/aromatic N) is 12. The van der Waals surface area contributed by atoms with Crippen LogP contribution in [0.15, 0.2) is 147 Å². The molecule has 0 atom stereocenters. The summed E-state index contributed by atoms with van der Waals surface area (Å²) in [6.45, 7) is 1.43. The van der Waals surface area contributed by atoms with Gasteiger partial charge in [-0.1, -0.05) is 6.07 Å². The van der Waals surface area contributed by atoms with Gasteiger partial charge in [-0.3, -0.25) is 4.98 Å². The zero-order valence-corrected chi connectivity index (χ0v) is 33.4. The SMILES string of the molecule is CC#N.F[B-](F)(F)F.F[B-](F)(F)F.F[B-](F)(F)F.O.[Fe+2].c1c[nH+]cc(-c2cc(-n3cccn3)nc(-n3cccn3)c2)c1.c1cncc(-c2cc(-n3cccn3)nc(-n3cccn3)c2)c1. The number of nitrogens with one attached hydrogen (secondary N) is 1. The van der Waals surface area contributed by atoms with Gasteiger partial charge in [-0.05, 0) is 71.8 Å². The van der Waals surface area contributed by atoms with Gasteiger partial charge in [-0.2, -0.15) is 25.7 Å². The first-order chi connectivity index (χ1) is 29.2. The predicted molar refractivity (Wildman–Crippen MR) is 208 cm³/mol. The molecule has 3 N–H and O–H groups in total. The minimum atomic E-state index is -6.00. The fourth-order valence-corrected chi connectivity index (χ4v) is 4.53. The third-order valence-corrected chi connectivity index (χ3v) is 6.59. The molecular formula is C34H30B3F12FeN13O. The number of hydrogen-bond donors (Lipinski definition) is 0. The van der Waals surface area contributed by atoms with E-state index in [1.807, 2.05) is 116 Å². The van der Waals surface area contributed by atoms with E-state index in [9.17, 15) is 51.8 Å². The topological polar surface area (TPSA) is 179 Å². The van der Waals surface area contributed by atoms with Crippen molar-refractivity contribution in [1.82, 2.24) is 54.1 Å². The zero-order chi connectivity index (χ0) is 45.8. The van der Waals surface area contributed by atoms with E-state index < -0.39 is 21.8 Å². The minimum absolute atomic E-state index is 0. The van der Waals surface area contributed by atoms with Crippen LogP contribution in [0.1, 0.15) is 6.92 Å². The van der Waals surface area contributed by atoms with E-state index in [0.29, 0.717) is 0 Å². The molecule has 0 spiro atoms. The molecule has 0 amide bonds. The first-order valence-corrected chi connectivity index (χ1v) is 17.1. The summed E-state index contributed by atoms with van der Waals surface area (Å²) in [6, 6.07) is 25.1. The van der Waals surface area contributed by atoms with Gasteiger partial charge in [-0.25, -0.2) is 33.7 Å². The molecule has 64 heavy (non-hydrogen) atoms. The van der Waals surface area contributed by atoms with Gasteiger partial charge in [0.05, 0.1) is 6.07 Å². The molecule has 14 nitrogen and oxygen atoms in total. The summed E-state index contributed by atoms with van der Waals surface area (Å²) < 4.78 is 124.